The molecule has 0 aromatic heterocycles. The average Bonchev–Trinajstić information content (AvgIpc) is 2.86. The normalized spacial score (nSPS) is 17.3. The van der Waals surface area contributed by atoms with Crippen molar-refractivity contribution in [1.29, 1.82) is 5.41 Å². The Kier molecular flexibility index (Phi) is 7.80. The van der Waals surface area contributed by atoms with Gasteiger partial charge in [-0.3, -0.25) is 15.0 Å². The summed E-state index contributed by atoms with van der Waals surface area (Å²) < 4.78 is 16.3. The molecule has 4 rings (SSSR count). The zero-order valence-electron chi connectivity index (χ0n) is 19.5. The predicted molar refractivity (Wildman–Crippen MR) is 129 cm³/mol. The number of hydrogen-bond donors (Lipinski definition) is 2. The lowest BCUT2D eigenvalue weighted by Gasteiger charge is -2.29. The maximum Gasteiger partial charge on any atom is 0.302 e. The largest absolute Gasteiger partial charge is 0.493 e. The molecule has 1 saturated heterocycles. The molecule has 8 nitrogen and oxygen atoms in total. The van der Waals surface area contributed by atoms with E-state index in [1.165, 1.54) is 6.92 Å². The number of carbonyl (C=O) groups excluding carboxylic acids is 2. The molecular weight excluding hydrogens is 434 g/mol. The topological polar surface area (TPSA) is 101 Å². The SMILES string of the molecule is CC(=O)OCCCC1COc2ccc(NC(=O)c3ccc(C(=N)N4CCOCC4)cc3)cc2C1. The Morgan fingerprint density at radius 2 is 1.85 bits per heavy atom. The summed E-state index contributed by atoms with van der Waals surface area (Å²) in [6, 6.07) is 12.8. The Labute approximate surface area is 199 Å². The molecule has 8 heteroatoms. The summed E-state index contributed by atoms with van der Waals surface area (Å²) in [5.74, 6) is 1.20. The third-order valence-corrected chi connectivity index (χ3v) is 6.11. The zero-order valence-corrected chi connectivity index (χ0v) is 19.5. The van der Waals surface area contributed by atoms with Crippen molar-refractivity contribution in [3.63, 3.8) is 0 Å². The number of fused-ring (bicyclic) bond motifs is 1. The Balaban J connectivity index is 1.33. The molecule has 2 aliphatic rings. The van der Waals surface area contributed by atoms with E-state index in [2.05, 4.69) is 5.32 Å². The van der Waals surface area contributed by atoms with Crippen LogP contribution in [0.5, 0.6) is 5.75 Å². The number of hydrogen-bond acceptors (Lipinski definition) is 6. The maximum absolute atomic E-state index is 12.8. The van der Waals surface area contributed by atoms with Gasteiger partial charge in [-0.25, -0.2) is 0 Å². The lowest BCUT2D eigenvalue weighted by Crippen LogP contribution is -2.40. The monoisotopic (exact) mass is 465 g/mol. The van der Waals surface area contributed by atoms with Gasteiger partial charge in [-0.2, -0.15) is 0 Å². The Bertz CT molecular complexity index is 1030. The first-order valence-electron chi connectivity index (χ1n) is 11.7. The first kappa shape index (κ1) is 23.8. The Morgan fingerprint density at radius 1 is 1.12 bits per heavy atom. The number of nitrogens with one attached hydrogen (secondary N) is 2. The minimum atomic E-state index is -0.254. The summed E-state index contributed by atoms with van der Waals surface area (Å²) in [5.41, 5.74) is 3.11. The van der Waals surface area contributed by atoms with Crippen LogP contribution in [0.2, 0.25) is 0 Å². The summed E-state index contributed by atoms with van der Waals surface area (Å²) in [4.78, 5) is 25.7. The summed E-state index contributed by atoms with van der Waals surface area (Å²) >= 11 is 0. The highest BCUT2D eigenvalue weighted by Gasteiger charge is 2.21. The van der Waals surface area contributed by atoms with E-state index in [0.29, 0.717) is 56.8 Å². The molecule has 0 aliphatic carbocycles. The van der Waals surface area contributed by atoms with Gasteiger partial charge in [0, 0.05) is 36.8 Å². The predicted octanol–water partition coefficient (Wildman–Crippen LogP) is 3.49. The van der Waals surface area contributed by atoms with E-state index in [1.54, 1.807) is 12.1 Å². The van der Waals surface area contributed by atoms with Gasteiger partial charge in [0.05, 0.1) is 26.4 Å². The minimum Gasteiger partial charge on any atom is -0.493 e. The first-order valence-corrected chi connectivity index (χ1v) is 11.7. The van der Waals surface area contributed by atoms with E-state index < -0.39 is 0 Å². The lowest BCUT2D eigenvalue weighted by molar-refractivity contribution is -0.141. The Morgan fingerprint density at radius 3 is 2.59 bits per heavy atom. The van der Waals surface area contributed by atoms with E-state index in [1.807, 2.05) is 35.2 Å². The van der Waals surface area contributed by atoms with Gasteiger partial charge in [-0.1, -0.05) is 12.1 Å². The standard InChI is InChI=1S/C26H31N3O5/c1-18(30)33-12-2-3-19-15-22-16-23(8-9-24(22)34-17-19)28-26(31)21-6-4-20(5-7-21)25(27)29-10-13-32-14-11-29/h4-9,16,19,27H,2-3,10-15,17H2,1H3,(H,28,31). The molecule has 1 fully saturated rings. The first-order chi connectivity index (χ1) is 16.5. The fourth-order valence-electron chi connectivity index (χ4n) is 4.26. The molecule has 1 unspecified atom stereocenters. The molecule has 2 aromatic carbocycles. The van der Waals surface area contributed by atoms with Crippen molar-refractivity contribution in [2.24, 2.45) is 5.92 Å². The van der Waals surface area contributed by atoms with Crippen LogP contribution in [-0.2, 0) is 20.7 Å². The van der Waals surface area contributed by atoms with Gasteiger partial charge in [-0.05, 0) is 61.1 Å². The fraction of sp³-hybridized carbons (Fsp3) is 0.423. The van der Waals surface area contributed by atoms with Crippen LogP contribution in [0.25, 0.3) is 0 Å². The second-order valence-electron chi connectivity index (χ2n) is 8.67. The molecule has 1 atom stereocenters. The van der Waals surface area contributed by atoms with Gasteiger partial charge in [0.15, 0.2) is 0 Å². The van der Waals surface area contributed by atoms with Gasteiger partial charge in [0.25, 0.3) is 5.91 Å². The van der Waals surface area contributed by atoms with E-state index >= 15 is 0 Å². The molecule has 180 valence electrons. The molecule has 0 radical (unpaired) electrons. The maximum atomic E-state index is 12.8. The number of benzene rings is 2. The molecule has 2 aromatic rings. The molecule has 34 heavy (non-hydrogen) atoms. The van der Waals surface area contributed by atoms with Gasteiger partial charge in [0.1, 0.15) is 11.6 Å². The van der Waals surface area contributed by atoms with Crippen LogP contribution in [0.3, 0.4) is 0 Å². The molecule has 2 N–H and O–H groups in total. The van der Waals surface area contributed by atoms with E-state index in [4.69, 9.17) is 19.6 Å². The molecule has 2 heterocycles. The Hall–Kier alpha value is -3.39. The highest BCUT2D eigenvalue weighted by molar-refractivity contribution is 6.05. The number of carbonyl (C=O) groups is 2. The number of anilines is 1. The number of nitrogens with zero attached hydrogens (tertiary/aromatic N) is 1. The number of ether oxygens (including phenoxy) is 3. The number of morpholine rings is 1. The van der Waals surface area contributed by atoms with Crippen LogP contribution in [0.4, 0.5) is 5.69 Å². The molecule has 1 amide bonds. The van der Waals surface area contributed by atoms with Crippen LogP contribution in [0.15, 0.2) is 42.5 Å². The van der Waals surface area contributed by atoms with Crippen LogP contribution in [0, 0.1) is 11.3 Å². The van der Waals surface area contributed by atoms with Gasteiger partial charge < -0.3 is 24.4 Å². The van der Waals surface area contributed by atoms with Crippen LogP contribution < -0.4 is 10.1 Å². The summed E-state index contributed by atoms with van der Waals surface area (Å²) in [7, 11) is 0. The fourth-order valence-corrected chi connectivity index (χ4v) is 4.26. The third-order valence-electron chi connectivity index (χ3n) is 6.11. The van der Waals surface area contributed by atoms with Crippen molar-refractivity contribution in [3.8, 4) is 5.75 Å². The molecule has 2 aliphatic heterocycles. The second kappa shape index (κ2) is 11.2. The van der Waals surface area contributed by atoms with Crippen LogP contribution >= 0.6 is 0 Å². The van der Waals surface area contributed by atoms with E-state index in [9.17, 15) is 9.59 Å². The molecule has 0 saturated carbocycles. The third kappa shape index (κ3) is 6.14. The van der Waals surface area contributed by atoms with Gasteiger partial charge in [-0.15, -0.1) is 0 Å². The number of esters is 1. The highest BCUT2D eigenvalue weighted by Crippen LogP contribution is 2.31. The summed E-state index contributed by atoms with van der Waals surface area (Å²) in [6.45, 7) is 5.16. The minimum absolute atomic E-state index is 0.195. The number of amidine groups is 1. The lowest BCUT2D eigenvalue weighted by atomic mass is 9.92. The smallest absolute Gasteiger partial charge is 0.302 e. The van der Waals surface area contributed by atoms with E-state index in [0.717, 1.165) is 41.8 Å². The summed E-state index contributed by atoms with van der Waals surface area (Å²) in [5, 5.41) is 11.4. The van der Waals surface area contributed by atoms with Crippen LogP contribution in [0.1, 0.15) is 41.3 Å². The quantitative estimate of drug-likeness (QED) is 0.281. The van der Waals surface area contributed by atoms with Crippen LogP contribution in [-0.4, -0.2) is 62.1 Å². The molecule has 0 spiro atoms. The zero-order chi connectivity index (χ0) is 23.9. The highest BCUT2D eigenvalue weighted by atomic mass is 16.5. The van der Waals surface area contributed by atoms with Crippen molar-refractivity contribution in [2.75, 3.05) is 44.8 Å². The second-order valence-corrected chi connectivity index (χ2v) is 8.67. The van der Waals surface area contributed by atoms with Gasteiger partial charge >= 0.3 is 5.97 Å². The number of amides is 1. The van der Waals surface area contributed by atoms with Gasteiger partial charge in [0.2, 0.25) is 0 Å². The molecule has 0 bridgehead atoms. The van der Waals surface area contributed by atoms with Crippen molar-refractivity contribution in [3.05, 3.63) is 59.2 Å². The number of rotatable bonds is 7. The van der Waals surface area contributed by atoms with Crippen molar-refractivity contribution < 1.29 is 23.8 Å². The average molecular weight is 466 g/mol. The molecular formula is C26H31N3O5. The van der Waals surface area contributed by atoms with Crippen molar-refractivity contribution in [2.45, 2.75) is 26.2 Å². The van der Waals surface area contributed by atoms with Crippen molar-refractivity contribution >= 4 is 23.4 Å². The van der Waals surface area contributed by atoms with E-state index in [-0.39, 0.29) is 11.9 Å². The van der Waals surface area contributed by atoms with Crippen molar-refractivity contribution in [1.82, 2.24) is 4.90 Å². The summed E-state index contributed by atoms with van der Waals surface area (Å²) in [6.07, 6.45) is 2.57.